The highest BCUT2D eigenvalue weighted by Gasteiger charge is 2.07. The molecule has 0 saturated heterocycles. The van der Waals surface area contributed by atoms with Crippen LogP contribution < -0.4 is 0 Å². The van der Waals surface area contributed by atoms with E-state index in [1.165, 1.54) is 0 Å². The van der Waals surface area contributed by atoms with E-state index in [2.05, 4.69) is 40.8 Å². The molecule has 1 unspecified atom stereocenters. The van der Waals surface area contributed by atoms with Crippen LogP contribution in [-0.2, 0) is 0 Å². The Hall–Kier alpha value is 0.837. The van der Waals surface area contributed by atoms with Crippen molar-refractivity contribution in [2.75, 3.05) is 26.6 Å². The first-order valence-corrected chi connectivity index (χ1v) is 8.28. The molecule has 0 heterocycles. The molecule has 0 aliphatic carbocycles. The van der Waals surface area contributed by atoms with Gasteiger partial charge in [0.25, 0.3) is 0 Å². The monoisotopic (exact) mass is 198 g/mol. The van der Waals surface area contributed by atoms with Crippen molar-refractivity contribution in [3.8, 4) is 0 Å². The van der Waals surface area contributed by atoms with Gasteiger partial charge in [0.2, 0.25) is 0 Å². The van der Waals surface area contributed by atoms with Gasteiger partial charge in [-0.15, -0.1) is 11.3 Å². The van der Waals surface area contributed by atoms with Crippen molar-refractivity contribution in [3.63, 3.8) is 0 Å². The van der Waals surface area contributed by atoms with Crippen LogP contribution in [0.5, 0.6) is 0 Å². The van der Waals surface area contributed by atoms with Crippen LogP contribution in [0.15, 0.2) is 0 Å². The zero-order valence-corrected chi connectivity index (χ0v) is 10.6. The molecule has 0 aliphatic rings. The summed E-state index contributed by atoms with van der Waals surface area (Å²) in [7, 11) is 4.32. The molecule has 0 aromatic heterocycles. The van der Waals surface area contributed by atoms with Gasteiger partial charge in [-0.1, -0.05) is 18.5 Å². The molecule has 0 bridgehead atoms. The third-order valence-corrected chi connectivity index (χ3v) is 8.97. The average molecular weight is 198 g/mol. The number of hydrogen-bond acceptors (Lipinski definition) is 3. The smallest absolute Gasteiger partial charge is 0.120 e. The maximum atomic E-state index is 2.54. The molecule has 0 aliphatic heterocycles. The van der Waals surface area contributed by atoms with Gasteiger partial charge in [0, 0.05) is 0 Å². The van der Waals surface area contributed by atoms with Crippen molar-refractivity contribution in [2.24, 2.45) is 0 Å². The normalized spacial score (nSPS) is 17.7. The molecule has 0 aromatic rings. The van der Waals surface area contributed by atoms with Crippen LogP contribution >= 0.6 is 23.2 Å². The Bertz CT molecular complexity index is 87.7. The van der Waals surface area contributed by atoms with E-state index in [4.69, 9.17) is 0 Å². The summed E-state index contributed by atoms with van der Waals surface area (Å²) < 4.78 is 4.84. The van der Waals surface area contributed by atoms with Crippen LogP contribution in [0.1, 0.15) is 0 Å². The average Bonchev–Trinajstić information content (AvgIpc) is 1.90. The van der Waals surface area contributed by atoms with Crippen molar-refractivity contribution >= 4 is 32.9 Å². The Kier molecular flexibility index (Phi) is 5.94. The molecule has 0 rings (SSSR count). The Labute approximate surface area is 74.0 Å². The Morgan fingerprint density at radius 2 is 1.90 bits per heavy atom. The predicted molar refractivity (Wildman–Crippen MR) is 58.4 cm³/mol. The molecule has 64 valence electrons. The van der Waals surface area contributed by atoms with E-state index >= 15 is 0 Å². The lowest BCUT2D eigenvalue weighted by molar-refractivity contribution is 0.681. The summed E-state index contributed by atoms with van der Waals surface area (Å²) in [6.45, 7) is 2.33. The lowest BCUT2D eigenvalue weighted by atomic mass is 11.3. The van der Waals surface area contributed by atoms with Gasteiger partial charge in [-0.05, 0) is 26.6 Å². The first-order valence-electron chi connectivity index (χ1n) is 3.36. The lowest BCUT2D eigenvalue weighted by Gasteiger charge is -2.34. The minimum atomic E-state index is -0.0118. The topological polar surface area (TPSA) is 6.48 Å². The second-order valence-corrected chi connectivity index (χ2v) is 7.78. The predicted octanol–water partition coefficient (Wildman–Crippen LogP) is 0.721. The second kappa shape index (κ2) is 5.48. The maximum absolute atomic E-state index is 2.54. The number of thiol groups is 1. The maximum Gasteiger partial charge on any atom is 0.120 e. The molecular formula is C5H18N2S2Si. The fraction of sp³-hybridized carbons (Fsp3) is 1.00. The summed E-state index contributed by atoms with van der Waals surface area (Å²) in [4.78, 5) is 0. The van der Waals surface area contributed by atoms with E-state index in [-0.39, 0.29) is 20.9 Å². The van der Waals surface area contributed by atoms with E-state index in [0.717, 1.165) is 0 Å². The molecule has 0 N–H and O–H groups in total. The van der Waals surface area contributed by atoms with Crippen LogP contribution in [0.4, 0.5) is 0 Å². The van der Waals surface area contributed by atoms with Crippen molar-refractivity contribution in [1.29, 1.82) is 0 Å². The fourth-order valence-corrected chi connectivity index (χ4v) is 5.86. The van der Waals surface area contributed by atoms with Gasteiger partial charge < -0.3 is 0 Å². The van der Waals surface area contributed by atoms with Gasteiger partial charge in [0.15, 0.2) is 0 Å². The van der Waals surface area contributed by atoms with Gasteiger partial charge in [-0.25, -0.2) is 3.38 Å². The van der Waals surface area contributed by atoms with E-state index < -0.39 is 0 Å². The molecule has 0 radical (unpaired) electrons. The van der Waals surface area contributed by atoms with E-state index in [9.17, 15) is 0 Å². The highest BCUT2D eigenvalue weighted by atomic mass is 32.3. The first-order chi connectivity index (χ1) is 4.63. The Morgan fingerprint density at radius 3 is 2.00 bits per heavy atom. The zero-order chi connectivity index (χ0) is 8.15. The van der Waals surface area contributed by atoms with Gasteiger partial charge in [0.05, 0.1) is 0 Å². The molecule has 0 aromatic carbocycles. The van der Waals surface area contributed by atoms with Crippen LogP contribution in [0.3, 0.4) is 0 Å². The van der Waals surface area contributed by atoms with Crippen molar-refractivity contribution in [1.82, 2.24) is 7.68 Å². The van der Waals surface area contributed by atoms with Crippen LogP contribution in [-0.4, -0.2) is 44.0 Å². The molecular weight excluding hydrogens is 180 g/mol. The summed E-state index contributed by atoms with van der Waals surface area (Å²) >= 11 is 1.88. The highest BCUT2D eigenvalue weighted by molar-refractivity contribution is 8.22. The third kappa shape index (κ3) is 3.29. The van der Waals surface area contributed by atoms with E-state index in [0.29, 0.717) is 0 Å². The number of nitrogens with zero attached hydrogens (tertiary/aromatic N) is 2. The molecule has 0 amide bonds. The van der Waals surface area contributed by atoms with Gasteiger partial charge in [0.1, 0.15) is 9.68 Å². The van der Waals surface area contributed by atoms with Crippen LogP contribution in [0.2, 0.25) is 6.55 Å². The second-order valence-electron chi connectivity index (χ2n) is 2.19. The fourth-order valence-electron chi connectivity index (χ4n) is 0.651. The summed E-state index contributed by atoms with van der Waals surface area (Å²) in [5.41, 5.74) is 0. The molecule has 0 spiro atoms. The first kappa shape index (κ1) is 10.8. The van der Waals surface area contributed by atoms with Crippen LogP contribution in [0.25, 0.3) is 0 Å². The number of rotatable bonds is 4. The molecule has 1 atom stereocenters. The minimum absolute atomic E-state index is 0.0118. The van der Waals surface area contributed by atoms with Crippen molar-refractivity contribution < 1.29 is 0 Å². The van der Waals surface area contributed by atoms with E-state index in [1.54, 1.807) is 0 Å². The summed E-state index contributed by atoms with van der Waals surface area (Å²) in [5, 5.41) is 0. The summed E-state index contributed by atoms with van der Waals surface area (Å²) in [6.07, 6.45) is 4.47. The minimum Gasteiger partial charge on any atom is -0.265 e. The zero-order valence-electron chi connectivity index (χ0n) is 7.46. The molecule has 10 heavy (non-hydrogen) atoms. The quantitative estimate of drug-likeness (QED) is 0.404. The summed E-state index contributed by atoms with van der Waals surface area (Å²) in [6, 6.07) is 0. The Morgan fingerprint density at radius 1 is 1.40 bits per heavy atom. The summed E-state index contributed by atoms with van der Waals surface area (Å²) in [5.74, 6) is 0. The van der Waals surface area contributed by atoms with Crippen molar-refractivity contribution in [2.45, 2.75) is 6.55 Å². The molecule has 2 nitrogen and oxygen atoms in total. The van der Waals surface area contributed by atoms with Gasteiger partial charge in [-0.3, -0.25) is 4.31 Å². The van der Waals surface area contributed by atoms with Crippen LogP contribution in [0, 0.1) is 0 Å². The Balaban J connectivity index is 3.76. The standard InChI is InChI=1S/C5H18N2S2Si/c1-6(2)9(4)7(8-3)10-5/h9H,10H2,1-5H3. The van der Waals surface area contributed by atoms with E-state index in [1.807, 2.05) is 11.9 Å². The molecule has 0 saturated carbocycles. The lowest BCUT2D eigenvalue weighted by Crippen LogP contribution is -2.22. The van der Waals surface area contributed by atoms with Gasteiger partial charge in [-0.2, -0.15) is 0 Å². The highest BCUT2D eigenvalue weighted by Crippen LogP contribution is 2.32. The van der Waals surface area contributed by atoms with Crippen molar-refractivity contribution in [3.05, 3.63) is 0 Å². The number of hydrogen-bond donors (Lipinski definition) is 1. The SMILES string of the molecule is C[SiH2]N(SC)[SH](C)N(C)C. The third-order valence-electron chi connectivity index (χ3n) is 1.38. The molecule has 5 heteroatoms. The molecule has 0 fully saturated rings. The largest absolute Gasteiger partial charge is 0.265 e. The van der Waals surface area contributed by atoms with Gasteiger partial charge >= 0.3 is 0 Å².